The maximum absolute atomic E-state index is 12.4. The lowest BCUT2D eigenvalue weighted by Gasteiger charge is -2.07. The summed E-state index contributed by atoms with van der Waals surface area (Å²) in [5, 5.41) is 3.44. The SMILES string of the molecule is Cc1ccc(N=C2NC(=O)/C(=C\c3cccn3-c3ccc(I)cc3)S2)cc1. The van der Waals surface area contributed by atoms with Gasteiger partial charge in [0.25, 0.3) is 5.91 Å². The molecular weight excluding hydrogens is 469 g/mol. The highest BCUT2D eigenvalue weighted by Crippen LogP contribution is 2.29. The number of carbonyl (C=O) groups excluding carboxylic acids is 1. The predicted octanol–water partition coefficient (Wildman–Crippen LogP) is 5.28. The second-order valence-corrected chi connectivity index (χ2v) is 8.37. The van der Waals surface area contributed by atoms with Crippen molar-refractivity contribution in [2.24, 2.45) is 4.99 Å². The topological polar surface area (TPSA) is 46.4 Å². The van der Waals surface area contributed by atoms with E-state index in [-0.39, 0.29) is 5.91 Å². The number of aryl methyl sites for hydroxylation is 1. The van der Waals surface area contributed by atoms with E-state index in [2.05, 4.69) is 61.7 Å². The van der Waals surface area contributed by atoms with Crippen LogP contribution in [0.2, 0.25) is 0 Å². The van der Waals surface area contributed by atoms with E-state index < -0.39 is 0 Å². The third-order valence-corrected chi connectivity index (χ3v) is 5.71. The molecule has 1 fully saturated rings. The smallest absolute Gasteiger partial charge is 0.264 e. The first-order valence-electron chi connectivity index (χ1n) is 8.38. The molecule has 0 spiro atoms. The van der Waals surface area contributed by atoms with E-state index in [0.717, 1.165) is 17.1 Å². The van der Waals surface area contributed by atoms with Gasteiger partial charge in [-0.1, -0.05) is 17.7 Å². The van der Waals surface area contributed by atoms with E-state index in [1.54, 1.807) is 0 Å². The Balaban J connectivity index is 1.60. The van der Waals surface area contributed by atoms with Gasteiger partial charge < -0.3 is 9.88 Å². The Kier molecular flexibility index (Phi) is 5.18. The quantitative estimate of drug-likeness (QED) is 0.405. The summed E-state index contributed by atoms with van der Waals surface area (Å²) in [6.07, 6.45) is 3.89. The van der Waals surface area contributed by atoms with Crippen LogP contribution in [0.4, 0.5) is 5.69 Å². The summed E-state index contributed by atoms with van der Waals surface area (Å²) in [6, 6.07) is 20.1. The molecule has 3 aromatic rings. The Morgan fingerprint density at radius 2 is 1.81 bits per heavy atom. The lowest BCUT2D eigenvalue weighted by atomic mass is 10.2. The van der Waals surface area contributed by atoms with Crippen LogP contribution < -0.4 is 5.32 Å². The summed E-state index contributed by atoms with van der Waals surface area (Å²) in [4.78, 5) is 17.5. The first-order valence-corrected chi connectivity index (χ1v) is 10.3. The fraction of sp³-hybridized carbons (Fsp3) is 0.0476. The van der Waals surface area contributed by atoms with Gasteiger partial charge in [0.05, 0.1) is 10.6 Å². The summed E-state index contributed by atoms with van der Waals surface area (Å²) in [6.45, 7) is 2.03. The molecule has 2 aromatic carbocycles. The Morgan fingerprint density at radius 3 is 2.56 bits per heavy atom. The molecule has 1 N–H and O–H groups in total. The molecule has 0 radical (unpaired) electrons. The van der Waals surface area contributed by atoms with Crippen molar-refractivity contribution in [3.8, 4) is 5.69 Å². The molecule has 27 heavy (non-hydrogen) atoms. The van der Waals surface area contributed by atoms with Crippen molar-refractivity contribution in [3.63, 3.8) is 0 Å². The normalized spacial score (nSPS) is 16.9. The molecule has 1 saturated heterocycles. The number of nitrogens with one attached hydrogen (secondary N) is 1. The Labute approximate surface area is 175 Å². The van der Waals surface area contributed by atoms with Gasteiger partial charge in [0, 0.05) is 21.1 Å². The van der Waals surface area contributed by atoms with Gasteiger partial charge >= 0.3 is 0 Å². The largest absolute Gasteiger partial charge is 0.317 e. The number of thioether (sulfide) groups is 1. The highest BCUT2D eigenvalue weighted by Gasteiger charge is 2.24. The van der Waals surface area contributed by atoms with Gasteiger partial charge in [-0.15, -0.1) is 0 Å². The van der Waals surface area contributed by atoms with Crippen molar-refractivity contribution < 1.29 is 4.79 Å². The zero-order chi connectivity index (χ0) is 18.8. The van der Waals surface area contributed by atoms with Gasteiger partial charge in [-0.3, -0.25) is 4.79 Å². The minimum Gasteiger partial charge on any atom is -0.317 e. The molecule has 0 saturated carbocycles. The van der Waals surface area contributed by atoms with E-state index in [9.17, 15) is 4.79 Å². The number of carbonyl (C=O) groups is 1. The van der Waals surface area contributed by atoms with Crippen molar-refractivity contribution in [1.82, 2.24) is 9.88 Å². The lowest BCUT2D eigenvalue weighted by molar-refractivity contribution is -0.115. The average Bonchev–Trinajstić information content (AvgIpc) is 3.25. The number of nitrogens with zero attached hydrogens (tertiary/aromatic N) is 2. The van der Waals surface area contributed by atoms with Crippen LogP contribution in [-0.2, 0) is 4.79 Å². The molecule has 134 valence electrons. The first-order chi connectivity index (χ1) is 13.1. The van der Waals surface area contributed by atoms with Crippen LogP contribution in [0.15, 0.2) is 76.8 Å². The minimum absolute atomic E-state index is 0.124. The maximum atomic E-state index is 12.4. The predicted molar refractivity (Wildman–Crippen MR) is 120 cm³/mol. The first kappa shape index (κ1) is 18.1. The van der Waals surface area contributed by atoms with Gasteiger partial charge in [-0.05, 0) is 95.9 Å². The van der Waals surface area contributed by atoms with Crippen LogP contribution in [-0.4, -0.2) is 15.6 Å². The van der Waals surface area contributed by atoms with Crippen molar-refractivity contribution >= 4 is 57.2 Å². The number of amidine groups is 1. The van der Waals surface area contributed by atoms with E-state index in [4.69, 9.17) is 0 Å². The third-order valence-electron chi connectivity index (χ3n) is 4.08. The van der Waals surface area contributed by atoms with Crippen molar-refractivity contribution in [2.75, 3.05) is 0 Å². The van der Waals surface area contributed by atoms with E-state index in [0.29, 0.717) is 10.1 Å². The number of rotatable bonds is 3. The summed E-state index contributed by atoms with van der Waals surface area (Å²) < 4.78 is 3.25. The lowest BCUT2D eigenvalue weighted by Crippen LogP contribution is -2.19. The van der Waals surface area contributed by atoms with Crippen LogP contribution in [0.5, 0.6) is 0 Å². The molecule has 0 unspecified atom stereocenters. The third kappa shape index (κ3) is 4.17. The molecule has 1 aliphatic rings. The molecule has 2 heterocycles. The second kappa shape index (κ2) is 7.74. The molecular formula is C21H16IN3OS. The monoisotopic (exact) mass is 485 g/mol. The van der Waals surface area contributed by atoms with Gasteiger partial charge in [0.1, 0.15) is 0 Å². The number of aromatic nitrogens is 1. The maximum Gasteiger partial charge on any atom is 0.264 e. The molecule has 1 aliphatic heterocycles. The van der Waals surface area contributed by atoms with E-state index in [1.165, 1.54) is 20.9 Å². The zero-order valence-electron chi connectivity index (χ0n) is 14.5. The van der Waals surface area contributed by atoms with E-state index >= 15 is 0 Å². The molecule has 0 aliphatic carbocycles. The number of aliphatic imine (C=N–C) groups is 1. The molecule has 4 nitrogen and oxygen atoms in total. The van der Waals surface area contributed by atoms with Crippen molar-refractivity contribution in [1.29, 1.82) is 0 Å². The summed E-state index contributed by atoms with van der Waals surface area (Å²) in [5.74, 6) is -0.124. The van der Waals surface area contributed by atoms with Crippen molar-refractivity contribution in [2.45, 2.75) is 6.92 Å². The summed E-state index contributed by atoms with van der Waals surface area (Å²) in [5.41, 5.74) is 4.01. The summed E-state index contributed by atoms with van der Waals surface area (Å²) >= 11 is 3.65. The number of hydrogen-bond acceptors (Lipinski definition) is 3. The fourth-order valence-electron chi connectivity index (χ4n) is 2.70. The average molecular weight is 485 g/mol. The highest BCUT2D eigenvalue weighted by atomic mass is 127. The molecule has 4 rings (SSSR count). The van der Waals surface area contributed by atoms with Crippen LogP contribution in [0.3, 0.4) is 0 Å². The summed E-state index contributed by atoms with van der Waals surface area (Å²) in [7, 11) is 0. The molecule has 6 heteroatoms. The molecule has 0 bridgehead atoms. The Bertz CT molecular complexity index is 1050. The van der Waals surface area contributed by atoms with Gasteiger partial charge in [-0.25, -0.2) is 4.99 Å². The van der Waals surface area contributed by atoms with Crippen LogP contribution in [0.1, 0.15) is 11.3 Å². The van der Waals surface area contributed by atoms with Crippen LogP contribution in [0, 0.1) is 10.5 Å². The standard InChI is InChI=1S/C21H16IN3OS/c1-14-4-8-16(9-5-14)23-21-24-20(26)19(27-21)13-18-3-2-12-25(18)17-10-6-15(22)7-11-17/h2-13H,1H3,(H,23,24,26)/b19-13+. The zero-order valence-corrected chi connectivity index (χ0v) is 17.5. The number of hydrogen-bond donors (Lipinski definition) is 1. The molecule has 1 aromatic heterocycles. The van der Waals surface area contributed by atoms with E-state index in [1.807, 2.05) is 55.6 Å². The number of benzene rings is 2. The molecule has 1 amide bonds. The Hall–Kier alpha value is -2.32. The second-order valence-electron chi connectivity index (χ2n) is 6.10. The Morgan fingerprint density at radius 1 is 1.07 bits per heavy atom. The fourth-order valence-corrected chi connectivity index (χ4v) is 3.89. The number of halogens is 1. The molecule has 0 atom stereocenters. The highest BCUT2D eigenvalue weighted by molar-refractivity contribution is 14.1. The van der Waals surface area contributed by atoms with Gasteiger partial charge in [0.15, 0.2) is 5.17 Å². The van der Waals surface area contributed by atoms with Gasteiger partial charge in [-0.2, -0.15) is 0 Å². The van der Waals surface area contributed by atoms with Crippen molar-refractivity contribution in [3.05, 3.63) is 86.6 Å². The van der Waals surface area contributed by atoms with Gasteiger partial charge in [0.2, 0.25) is 0 Å². The van der Waals surface area contributed by atoms with Crippen LogP contribution >= 0.6 is 34.4 Å². The van der Waals surface area contributed by atoms with Crippen LogP contribution in [0.25, 0.3) is 11.8 Å². The number of amides is 1. The minimum atomic E-state index is -0.124.